The first-order valence-electron chi connectivity index (χ1n) is 12.8. The maximum atomic E-state index is 13.4. The minimum atomic E-state index is -0.385. The zero-order valence-electron chi connectivity index (χ0n) is 21.5. The summed E-state index contributed by atoms with van der Waals surface area (Å²) in [7, 11) is 0. The van der Waals surface area contributed by atoms with Gasteiger partial charge in [-0.05, 0) is 29.8 Å². The molecule has 7 nitrogen and oxygen atoms in total. The zero-order valence-corrected chi connectivity index (χ0v) is 21.5. The monoisotopic (exact) mass is 523 g/mol. The number of phenolic OH excluding ortho intramolecular Hbond substituents is 1. The number of nitrogens with zero attached hydrogens (tertiary/aromatic N) is 4. The minimum Gasteiger partial charge on any atom is -0.507 e. The Hall–Kier alpha value is -5.56. The molecule has 1 amide bonds. The lowest BCUT2D eigenvalue weighted by atomic mass is 10.0. The lowest BCUT2D eigenvalue weighted by Crippen LogP contribution is -2.18. The molecular formula is C33H25N5O2. The predicted octanol–water partition coefficient (Wildman–Crippen LogP) is 6.28. The van der Waals surface area contributed by atoms with Gasteiger partial charge in [0.15, 0.2) is 0 Å². The van der Waals surface area contributed by atoms with E-state index in [-0.39, 0.29) is 11.7 Å². The van der Waals surface area contributed by atoms with Gasteiger partial charge >= 0.3 is 0 Å². The Kier molecular flexibility index (Phi) is 6.84. The molecule has 0 aliphatic rings. The van der Waals surface area contributed by atoms with Crippen LogP contribution in [0.1, 0.15) is 21.5 Å². The van der Waals surface area contributed by atoms with Gasteiger partial charge in [-0.3, -0.25) is 9.48 Å². The Bertz CT molecular complexity index is 1830. The van der Waals surface area contributed by atoms with Crippen molar-refractivity contribution in [3.63, 3.8) is 0 Å². The molecular weight excluding hydrogens is 498 g/mol. The number of aromatic hydroxyl groups is 1. The molecule has 194 valence electrons. The number of hydrogen-bond donors (Lipinski definition) is 2. The number of hydrazone groups is 1. The fraction of sp³-hybridized carbons (Fsp3) is 0.0303. The van der Waals surface area contributed by atoms with Gasteiger partial charge in [0.25, 0.3) is 5.91 Å². The van der Waals surface area contributed by atoms with E-state index in [0.29, 0.717) is 34.3 Å². The second-order valence-corrected chi connectivity index (χ2v) is 9.27. The molecule has 0 aliphatic heterocycles. The first kappa shape index (κ1) is 24.8. The molecule has 6 aromatic rings. The summed E-state index contributed by atoms with van der Waals surface area (Å²) in [6.07, 6.45) is 3.53. The highest BCUT2D eigenvalue weighted by Gasteiger charge is 2.16. The van der Waals surface area contributed by atoms with Gasteiger partial charge in [0, 0.05) is 28.3 Å². The van der Waals surface area contributed by atoms with Crippen LogP contribution in [0, 0.1) is 0 Å². The van der Waals surface area contributed by atoms with Gasteiger partial charge in [0.05, 0.1) is 29.5 Å². The second kappa shape index (κ2) is 11.0. The van der Waals surface area contributed by atoms with Crippen LogP contribution in [0.15, 0.2) is 127 Å². The molecule has 0 saturated carbocycles. The fourth-order valence-corrected chi connectivity index (χ4v) is 4.62. The standard InChI is InChI=1S/C33H25N5O2/c39-31-18-10-8-16-27(31)30-19-28(26-15-7-9-17-29(26)35-30)33(40)36-34-20-25-22-38(21-23-11-3-1-4-12-23)37-32(25)24-13-5-2-6-14-24/h1-20,22,39H,21H2,(H,36,40). The van der Waals surface area contributed by atoms with Crippen LogP contribution in [0.25, 0.3) is 33.4 Å². The Morgan fingerprint density at radius 1 is 0.875 bits per heavy atom. The van der Waals surface area contributed by atoms with Gasteiger partial charge in [-0.2, -0.15) is 10.2 Å². The Morgan fingerprint density at radius 3 is 2.38 bits per heavy atom. The van der Waals surface area contributed by atoms with E-state index in [4.69, 9.17) is 5.10 Å². The molecule has 0 radical (unpaired) electrons. The van der Waals surface area contributed by atoms with Crippen molar-refractivity contribution in [2.75, 3.05) is 0 Å². The molecule has 0 unspecified atom stereocenters. The number of pyridine rings is 1. The summed E-state index contributed by atoms with van der Waals surface area (Å²) in [4.78, 5) is 18.1. The topological polar surface area (TPSA) is 92.4 Å². The minimum absolute atomic E-state index is 0.0932. The average Bonchev–Trinajstić information content (AvgIpc) is 3.40. The molecule has 2 N–H and O–H groups in total. The lowest BCUT2D eigenvalue weighted by molar-refractivity contribution is 0.0956. The van der Waals surface area contributed by atoms with E-state index in [2.05, 4.69) is 27.6 Å². The Balaban J connectivity index is 1.31. The van der Waals surface area contributed by atoms with Crippen LogP contribution in [-0.2, 0) is 6.54 Å². The van der Waals surface area contributed by atoms with Gasteiger partial charge < -0.3 is 5.11 Å². The predicted molar refractivity (Wildman–Crippen MR) is 157 cm³/mol. The van der Waals surface area contributed by atoms with Crippen molar-refractivity contribution in [3.8, 4) is 28.3 Å². The quantitative estimate of drug-likeness (QED) is 0.190. The van der Waals surface area contributed by atoms with Crippen molar-refractivity contribution < 1.29 is 9.90 Å². The van der Waals surface area contributed by atoms with Gasteiger partial charge in [-0.15, -0.1) is 0 Å². The van der Waals surface area contributed by atoms with Crippen molar-refractivity contribution in [1.29, 1.82) is 0 Å². The number of benzene rings is 4. The number of rotatable bonds is 7. The summed E-state index contributed by atoms with van der Waals surface area (Å²) in [6, 6.07) is 36.0. The van der Waals surface area contributed by atoms with E-state index in [1.165, 1.54) is 0 Å². The fourth-order valence-electron chi connectivity index (χ4n) is 4.62. The van der Waals surface area contributed by atoms with E-state index < -0.39 is 0 Å². The largest absolute Gasteiger partial charge is 0.507 e. The normalized spacial score (nSPS) is 11.2. The molecule has 4 aromatic carbocycles. The summed E-state index contributed by atoms with van der Waals surface area (Å²) >= 11 is 0. The van der Waals surface area contributed by atoms with E-state index >= 15 is 0 Å². The van der Waals surface area contributed by atoms with Crippen LogP contribution >= 0.6 is 0 Å². The molecule has 2 aromatic heterocycles. The highest BCUT2D eigenvalue weighted by molar-refractivity contribution is 6.07. The number of amides is 1. The third-order valence-electron chi connectivity index (χ3n) is 6.54. The van der Waals surface area contributed by atoms with Gasteiger partial charge in [0.1, 0.15) is 11.4 Å². The lowest BCUT2D eigenvalue weighted by Gasteiger charge is -2.10. The average molecular weight is 524 g/mol. The summed E-state index contributed by atoms with van der Waals surface area (Å²) in [5.41, 5.74) is 8.40. The maximum Gasteiger partial charge on any atom is 0.272 e. The van der Waals surface area contributed by atoms with Crippen LogP contribution < -0.4 is 5.43 Å². The molecule has 0 fully saturated rings. The van der Waals surface area contributed by atoms with Crippen LogP contribution in [0.5, 0.6) is 5.75 Å². The highest BCUT2D eigenvalue weighted by Crippen LogP contribution is 2.30. The molecule has 0 spiro atoms. The van der Waals surface area contributed by atoms with Gasteiger partial charge in [-0.1, -0.05) is 91.0 Å². The smallest absolute Gasteiger partial charge is 0.272 e. The molecule has 0 saturated heterocycles. The summed E-state index contributed by atoms with van der Waals surface area (Å²) in [5, 5.41) is 20.2. The summed E-state index contributed by atoms with van der Waals surface area (Å²) in [6.45, 7) is 0.610. The molecule has 0 atom stereocenters. The molecule has 40 heavy (non-hydrogen) atoms. The Morgan fingerprint density at radius 2 is 1.57 bits per heavy atom. The van der Waals surface area contributed by atoms with Crippen LogP contribution in [-0.4, -0.2) is 32.0 Å². The van der Waals surface area contributed by atoms with Crippen molar-refractivity contribution >= 4 is 23.0 Å². The first-order chi connectivity index (χ1) is 19.7. The van der Waals surface area contributed by atoms with Crippen molar-refractivity contribution in [2.45, 2.75) is 6.54 Å². The molecule has 2 heterocycles. The second-order valence-electron chi connectivity index (χ2n) is 9.27. The number of para-hydroxylation sites is 2. The van der Waals surface area contributed by atoms with E-state index in [1.807, 2.05) is 89.7 Å². The third kappa shape index (κ3) is 5.21. The number of hydrogen-bond acceptors (Lipinski definition) is 5. The van der Waals surface area contributed by atoms with Crippen molar-refractivity contribution in [1.82, 2.24) is 20.2 Å². The summed E-state index contributed by atoms with van der Waals surface area (Å²) in [5.74, 6) is -0.292. The third-order valence-corrected chi connectivity index (χ3v) is 6.54. The molecule has 0 aliphatic carbocycles. The zero-order chi connectivity index (χ0) is 27.3. The van der Waals surface area contributed by atoms with Gasteiger partial charge in [0.2, 0.25) is 0 Å². The number of phenols is 1. The van der Waals surface area contributed by atoms with Crippen LogP contribution in [0.4, 0.5) is 0 Å². The number of aromatic nitrogens is 3. The van der Waals surface area contributed by atoms with Crippen LogP contribution in [0.2, 0.25) is 0 Å². The van der Waals surface area contributed by atoms with Crippen molar-refractivity contribution in [2.24, 2.45) is 5.10 Å². The number of carbonyl (C=O) groups excluding carboxylic acids is 1. The van der Waals surface area contributed by atoms with E-state index in [1.54, 1.807) is 30.5 Å². The first-order valence-corrected chi connectivity index (χ1v) is 12.8. The molecule has 0 bridgehead atoms. The maximum absolute atomic E-state index is 13.4. The van der Waals surface area contributed by atoms with Crippen molar-refractivity contribution in [3.05, 3.63) is 138 Å². The van der Waals surface area contributed by atoms with Gasteiger partial charge in [-0.25, -0.2) is 10.4 Å². The van der Waals surface area contributed by atoms with Crippen LogP contribution in [0.3, 0.4) is 0 Å². The SMILES string of the molecule is O=C(NN=Cc1cn(Cc2ccccc2)nc1-c1ccccc1)c1cc(-c2ccccc2O)nc2ccccc12. The van der Waals surface area contributed by atoms with E-state index in [9.17, 15) is 9.90 Å². The Labute approximate surface area is 231 Å². The number of nitrogens with one attached hydrogen (secondary N) is 1. The highest BCUT2D eigenvalue weighted by atomic mass is 16.3. The van der Waals surface area contributed by atoms with E-state index in [0.717, 1.165) is 22.4 Å². The summed E-state index contributed by atoms with van der Waals surface area (Å²) < 4.78 is 1.87. The number of carbonyl (C=O) groups is 1. The molecule has 7 heteroatoms. The number of fused-ring (bicyclic) bond motifs is 1. The molecule has 6 rings (SSSR count).